The van der Waals surface area contributed by atoms with E-state index in [4.69, 9.17) is 5.11 Å². The van der Waals surface area contributed by atoms with Gasteiger partial charge in [-0.3, -0.25) is 9.59 Å². The first-order valence-corrected chi connectivity index (χ1v) is 6.46. The van der Waals surface area contributed by atoms with Crippen LogP contribution < -0.4 is 5.32 Å². The number of nitrogens with one attached hydrogen (secondary N) is 1. The predicted molar refractivity (Wildman–Crippen MR) is 65.1 cm³/mol. The van der Waals surface area contributed by atoms with Crippen LogP contribution in [-0.2, 0) is 14.3 Å². The van der Waals surface area contributed by atoms with Gasteiger partial charge in [0.15, 0.2) is 6.04 Å². The molecule has 1 heterocycles. The van der Waals surface area contributed by atoms with Crippen LogP contribution in [0.2, 0.25) is 0 Å². The van der Waals surface area contributed by atoms with Gasteiger partial charge in [-0.25, -0.2) is 4.79 Å². The molecule has 0 aromatic carbocycles. The van der Waals surface area contributed by atoms with E-state index in [-0.39, 0.29) is 11.7 Å². The Morgan fingerprint density at radius 1 is 1.61 bits per heavy atom. The number of carbonyl (C=O) groups is 3. The average molecular weight is 276 g/mol. The van der Waals surface area contributed by atoms with E-state index in [1.807, 2.05) is 0 Å². The zero-order chi connectivity index (χ0) is 13.5. The monoisotopic (exact) mass is 276 g/mol. The first-order valence-electron chi connectivity index (χ1n) is 5.48. The van der Waals surface area contributed by atoms with Gasteiger partial charge in [-0.05, 0) is 0 Å². The summed E-state index contributed by atoms with van der Waals surface area (Å²) in [6.45, 7) is 0.436. The Hall–Kier alpha value is -1.28. The van der Waals surface area contributed by atoms with E-state index >= 15 is 0 Å². The number of aliphatic hydroxyl groups excluding tert-OH is 1. The molecule has 8 heteroatoms. The van der Waals surface area contributed by atoms with Crippen molar-refractivity contribution in [3.63, 3.8) is 0 Å². The summed E-state index contributed by atoms with van der Waals surface area (Å²) < 4.78 is 4.42. The van der Waals surface area contributed by atoms with Crippen LogP contribution in [-0.4, -0.2) is 65.7 Å². The number of hydrogen-bond donors (Lipinski definition) is 2. The summed E-state index contributed by atoms with van der Waals surface area (Å²) in [6, 6.07) is -1.05. The average Bonchev–Trinajstić information content (AvgIpc) is 2.78. The molecular weight excluding hydrogens is 260 g/mol. The van der Waals surface area contributed by atoms with E-state index < -0.39 is 24.5 Å². The highest BCUT2D eigenvalue weighted by Crippen LogP contribution is 2.16. The number of aliphatic hydroxyl groups is 1. The standard InChI is InChI=1S/C10H16N2O5S/c1-17-9(15)7(6-13)11-8(14)2-3-12-4-5-18-10(12)16/h7,13H,2-6H2,1H3,(H,11,14). The van der Waals surface area contributed by atoms with Crippen LogP contribution in [0.15, 0.2) is 0 Å². The molecule has 1 saturated heterocycles. The highest BCUT2D eigenvalue weighted by Gasteiger charge is 2.23. The molecule has 1 rings (SSSR count). The van der Waals surface area contributed by atoms with Gasteiger partial charge in [-0.2, -0.15) is 0 Å². The summed E-state index contributed by atoms with van der Waals surface area (Å²) in [5.41, 5.74) is 0. The number of methoxy groups -OCH3 is 1. The van der Waals surface area contributed by atoms with Crippen LogP contribution in [0, 0.1) is 0 Å². The highest BCUT2D eigenvalue weighted by atomic mass is 32.2. The molecule has 7 nitrogen and oxygen atoms in total. The molecule has 1 fully saturated rings. The third-order valence-electron chi connectivity index (χ3n) is 2.46. The summed E-state index contributed by atoms with van der Waals surface area (Å²) in [4.78, 5) is 35.5. The summed E-state index contributed by atoms with van der Waals surface area (Å²) >= 11 is 1.23. The number of hydrogen-bond acceptors (Lipinski definition) is 6. The lowest BCUT2D eigenvalue weighted by molar-refractivity contribution is -0.146. The lowest BCUT2D eigenvalue weighted by atomic mass is 10.3. The van der Waals surface area contributed by atoms with Crippen LogP contribution >= 0.6 is 11.8 Å². The van der Waals surface area contributed by atoms with Crippen molar-refractivity contribution in [1.29, 1.82) is 0 Å². The maximum absolute atomic E-state index is 11.5. The molecule has 2 N–H and O–H groups in total. The van der Waals surface area contributed by atoms with E-state index in [9.17, 15) is 14.4 Å². The summed E-state index contributed by atoms with van der Waals surface area (Å²) in [5.74, 6) is -0.357. The number of nitrogens with zero attached hydrogens (tertiary/aromatic N) is 1. The predicted octanol–water partition coefficient (Wildman–Crippen LogP) is -0.805. The first-order chi connectivity index (χ1) is 8.58. The second-order valence-corrected chi connectivity index (χ2v) is 4.72. The molecule has 0 aliphatic carbocycles. The molecule has 102 valence electrons. The molecule has 2 amide bonds. The second-order valence-electron chi connectivity index (χ2n) is 3.68. The van der Waals surface area contributed by atoms with Crippen molar-refractivity contribution in [3.05, 3.63) is 0 Å². The third kappa shape index (κ3) is 4.19. The van der Waals surface area contributed by atoms with Gasteiger partial charge in [0.1, 0.15) is 0 Å². The molecule has 1 unspecified atom stereocenters. The lowest BCUT2D eigenvalue weighted by Crippen LogP contribution is -2.44. The second kappa shape index (κ2) is 7.22. The number of rotatable bonds is 6. The van der Waals surface area contributed by atoms with Crippen molar-refractivity contribution in [2.75, 3.05) is 32.6 Å². The molecule has 0 bridgehead atoms. The van der Waals surface area contributed by atoms with Gasteiger partial charge in [0, 0.05) is 25.3 Å². The van der Waals surface area contributed by atoms with Crippen molar-refractivity contribution in [2.24, 2.45) is 0 Å². The minimum atomic E-state index is -1.05. The van der Waals surface area contributed by atoms with Crippen LogP contribution in [0.1, 0.15) is 6.42 Å². The summed E-state index contributed by atoms with van der Waals surface area (Å²) in [7, 11) is 1.18. The Kier molecular flexibility index (Phi) is 5.93. The molecular formula is C10H16N2O5S. The van der Waals surface area contributed by atoms with Crippen LogP contribution in [0.4, 0.5) is 4.79 Å². The fourth-order valence-electron chi connectivity index (χ4n) is 1.45. The Morgan fingerprint density at radius 2 is 2.33 bits per heavy atom. The quantitative estimate of drug-likeness (QED) is 0.616. The van der Waals surface area contributed by atoms with Crippen molar-refractivity contribution in [2.45, 2.75) is 12.5 Å². The van der Waals surface area contributed by atoms with Crippen molar-refractivity contribution < 1.29 is 24.2 Å². The fourth-order valence-corrected chi connectivity index (χ4v) is 2.30. The van der Waals surface area contributed by atoms with E-state index in [0.717, 1.165) is 5.75 Å². The van der Waals surface area contributed by atoms with E-state index in [1.165, 1.54) is 18.9 Å². The SMILES string of the molecule is COC(=O)C(CO)NC(=O)CCN1CCSC1=O. The first kappa shape index (κ1) is 14.8. The van der Waals surface area contributed by atoms with Crippen LogP contribution in [0.25, 0.3) is 0 Å². The zero-order valence-electron chi connectivity index (χ0n) is 10.0. The topological polar surface area (TPSA) is 95.9 Å². The van der Waals surface area contributed by atoms with Crippen molar-refractivity contribution >= 4 is 28.9 Å². The minimum Gasteiger partial charge on any atom is -0.467 e. The summed E-state index contributed by atoms with van der Waals surface area (Å²) in [6.07, 6.45) is 0.0970. The van der Waals surface area contributed by atoms with Gasteiger partial charge in [0.2, 0.25) is 5.91 Å². The van der Waals surface area contributed by atoms with Gasteiger partial charge >= 0.3 is 5.97 Å². The van der Waals surface area contributed by atoms with Crippen molar-refractivity contribution in [1.82, 2.24) is 10.2 Å². The molecule has 0 spiro atoms. The number of amides is 2. The maximum Gasteiger partial charge on any atom is 0.330 e. The minimum absolute atomic E-state index is 0.0329. The van der Waals surface area contributed by atoms with Crippen molar-refractivity contribution in [3.8, 4) is 0 Å². The maximum atomic E-state index is 11.5. The fraction of sp³-hybridized carbons (Fsp3) is 0.700. The summed E-state index contributed by atoms with van der Waals surface area (Å²) in [5, 5.41) is 11.2. The van der Waals surface area contributed by atoms with E-state index in [2.05, 4.69) is 10.1 Å². The smallest absolute Gasteiger partial charge is 0.330 e. The molecule has 18 heavy (non-hydrogen) atoms. The number of ether oxygens (including phenoxy) is 1. The normalized spacial score (nSPS) is 16.6. The van der Waals surface area contributed by atoms with E-state index in [0.29, 0.717) is 13.1 Å². The molecule has 0 aromatic heterocycles. The number of carbonyl (C=O) groups excluding carboxylic acids is 3. The van der Waals surface area contributed by atoms with Gasteiger partial charge in [0.25, 0.3) is 5.24 Å². The molecule has 0 aromatic rings. The Balaban J connectivity index is 2.32. The number of thioether (sulfide) groups is 1. The van der Waals surface area contributed by atoms with Gasteiger partial charge in [0.05, 0.1) is 13.7 Å². The van der Waals surface area contributed by atoms with Crippen LogP contribution in [0.3, 0.4) is 0 Å². The molecule has 1 aliphatic heterocycles. The number of esters is 1. The third-order valence-corrected chi connectivity index (χ3v) is 3.35. The van der Waals surface area contributed by atoms with Gasteiger partial charge < -0.3 is 20.1 Å². The molecule has 0 saturated carbocycles. The molecule has 1 aliphatic rings. The Labute approximate surface area is 109 Å². The largest absolute Gasteiger partial charge is 0.467 e. The highest BCUT2D eigenvalue weighted by molar-refractivity contribution is 8.13. The van der Waals surface area contributed by atoms with E-state index in [1.54, 1.807) is 4.90 Å². The molecule has 0 radical (unpaired) electrons. The Bertz CT molecular complexity index is 336. The zero-order valence-corrected chi connectivity index (χ0v) is 10.9. The Morgan fingerprint density at radius 3 is 2.83 bits per heavy atom. The van der Waals surface area contributed by atoms with Gasteiger partial charge in [-0.15, -0.1) is 0 Å². The molecule has 1 atom stereocenters. The van der Waals surface area contributed by atoms with Crippen LogP contribution in [0.5, 0.6) is 0 Å². The van der Waals surface area contributed by atoms with Gasteiger partial charge in [-0.1, -0.05) is 11.8 Å². The lowest BCUT2D eigenvalue weighted by Gasteiger charge is -2.16.